The Labute approximate surface area is 142 Å². The number of nitrogens with zero attached hydrogens (tertiary/aromatic N) is 2. The van der Waals surface area contributed by atoms with Crippen LogP contribution in [0.5, 0.6) is 0 Å². The molecular weight excluding hydrogens is 302 g/mol. The normalized spacial score (nSPS) is 15.0. The van der Waals surface area contributed by atoms with Crippen molar-refractivity contribution >= 4 is 16.7 Å². The zero-order chi connectivity index (χ0) is 16.9. The van der Waals surface area contributed by atoms with E-state index in [0.29, 0.717) is 11.9 Å². The summed E-state index contributed by atoms with van der Waals surface area (Å²) in [5.74, 6) is 0.694. The van der Waals surface area contributed by atoms with Crippen LogP contribution in [0.3, 0.4) is 0 Å². The zero-order valence-electron chi connectivity index (χ0n) is 14.3. The molecule has 1 aromatic heterocycles. The van der Waals surface area contributed by atoms with Gasteiger partial charge in [0.05, 0.1) is 11.1 Å². The van der Waals surface area contributed by atoms with Crippen LogP contribution >= 0.6 is 0 Å². The molecule has 1 N–H and O–H groups in total. The summed E-state index contributed by atoms with van der Waals surface area (Å²) < 4.78 is 1.27. The summed E-state index contributed by atoms with van der Waals surface area (Å²) in [6.45, 7) is 2.52. The van der Waals surface area contributed by atoms with E-state index in [1.54, 1.807) is 6.07 Å². The number of carbonyl (C=O) groups excluding carboxylic acids is 1. The van der Waals surface area contributed by atoms with Gasteiger partial charge in [0.25, 0.3) is 5.56 Å². The third-order valence-corrected chi connectivity index (χ3v) is 4.93. The van der Waals surface area contributed by atoms with Gasteiger partial charge in [0.1, 0.15) is 6.54 Å². The Kier molecular flexibility index (Phi) is 5.28. The van der Waals surface area contributed by atoms with Crippen LogP contribution in [-0.2, 0) is 11.3 Å². The highest BCUT2D eigenvalue weighted by atomic mass is 16.2. The molecule has 0 spiro atoms. The van der Waals surface area contributed by atoms with E-state index in [9.17, 15) is 9.59 Å². The van der Waals surface area contributed by atoms with E-state index in [4.69, 9.17) is 0 Å². The van der Waals surface area contributed by atoms with Crippen molar-refractivity contribution in [1.82, 2.24) is 15.1 Å². The van der Waals surface area contributed by atoms with Gasteiger partial charge in [-0.25, -0.2) is 4.68 Å². The number of hydrogen-bond acceptors (Lipinski definition) is 3. The number of carbonyl (C=O) groups is 1. The maximum atomic E-state index is 12.4. The zero-order valence-corrected chi connectivity index (χ0v) is 14.3. The Morgan fingerprint density at radius 2 is 1.96 bits per heavy atom. The lowest BCUT2D eigenvalue weighted by Gasteiger charge is -2.11. The Morgan fingerprint density at radius 1 is 1.25 bits per heavy atom. The molecule has 1 amide bonds. The molecule has 1 saturated carbocycles. The fourth-order valence-corrected chi connectivity index (χ4v) is 3.62. The Balaban J connectivity index is 1.57. The molecule has 5 heteroatoms. The largest absolute Gasteiger partial charge is 0.354 e. The van der Waals surface area contributed by atoms with E-state index in [-0.39, 0.29) is 18.0 Å². The Hall–Kier alpha value is -2.17. The van der Waals surface area contributed by atoms with Gasteiger partial charge in [-0.3, -0.25) is 9.59 Å². The van der Waals surface area contributed by atoms with Crippen LogP contribution in [0.15, 0.2) is 29.1 Å². The minimum Gasteiger partial charge on any atom is -0.354 e. The fourth-order valence-electron chi connectivity index (χ4n) is 3.62. The van der Waals surface area contributed by atoms with Crippen LogP contribution in [0.1, 0.15) is 44.2 Å². The number of aryl methyl sites for hydroxylation is 1. The average molecular weight is 327 g/mol. The second kappa shape index (κ2) is 7.60. The molecule has 0 radical (unpaired) electrons. The van der Waals surface area contributed by atoms with Crippen molar-refractivity contribution in [2.45, 2.75) is 52.0 Å². The predicted molar refractivity (Wildman–Crippen MR) is 94.9 cm³/mol. The van der Waals surface area contributed by atoms with Crippen LogP contribution in [0.2, 0.25) is 0 Å². The van der Waals surface area contributed by atoms with E-state index < -0.39 is 0 Å². The number of amides is 1. The van der Waals surface area contributed by atoms with Gasteiger partial charge in [-0.15, -0.1) is 0 Å². The van der Waals surface area contributed by atoms with Crippen molar-refractivity contribution in [2.75, 3.05) is 6.54 Å². The number of benzene rings is 1. The summed E-state index contributed by atoms with van der Waals surface area (Å²) in [5, 5.41) is 8.64. The summed E-state index contributed by atoms with van der Waals surface area (Å²) in [7, 11) is 0. The first-order valence-electron chi connectivity index (χ1n) is 8.88. The summed E-state index contributed by atoms with van der Waals surface area (Å²) in [4.78, 5) is 24.5. The van der Waals surface area contributed by atoms with Crippen LogP contribution in [0, 0.1) is 12.8 Å². The SMILES string of the molecule is Cc1nn(CC(=O)NCCCC2CCCC2)c(=O)c2ccccc12. The van der Waals surface area contributed by atoms with E-state index >= 15 is 0 Å². The van der Waals surface area contributed by atoms with Crippen molar-refractivity contribution in [3.63, 3.8) is 0 Å². The molecular formula is C19H25N3O2. The van der Waals surface area contributed by atoms with E-state index in [0.717, 1.165) is 23.4 Å². The minimum absolute atomic E-state index is 0.0199. The molecule has 1 aliphatic carbocycles. The average Bonchev–Trinajstić information content (AvgIpc) is 3.10. The third kappa shape index (κ3) is 3.83. The quantitative estimate of drug-likeness (QED) is 0.830. The van der Waals surface area contributed by atoms with Crippen molar-refractivity contribution in [1.29, 1.82) is 0 Å². The lowest BCUT2D eigenvalue weighted by Crippen LogP contribution is -2.34. The molecule has 128 valence electrons. The van der Waals surface area contributed by atoms with Gasteiger partial charge in [-0.2, -0.15) is 5.10 Å². The molecule has 1 fully saturated rings. The van der Waals surface area contributed by atoms with Gasteiger partial charge in [0.2, 0.25) is 5.91 Å². The molecule has 0 aliphatic heterocycles. The summed E-state index contributed by atoms with van der Waals surface area (Å²) in [5.41, 5.74) is 0.552. The van der Waals surface area contributed by atoms with Gasteiger partial charge in [0.15, 0.2) is 0 Å². The molecule has 1 aromatic carbocycles. The van der Waals surface area contributed by atoms with Gasteiger partial charge >= 0.3 is 0 Å². The van der Waals surface area contributed by atoms with Crippen molar-refractivity contribution in [2.24, 2.45) is 5.92 Å². The first-order chi connectivity index (χ1) is 11.6. The van der Waals surface area contributed by atoms with Gasteiger partial charge in [0, 0.05) is 11.9 Å². The highest BCUT2D eigenvalue weighted by molar-refractivity contribution is 5.83. The van der Waals surface area contributed by atoms with Gasteiger partial charge in [-0.1, -0.05) is 43.9 Å². The van der Waals surface area contributed by atoms with Crippen molar-refractivity contribution in [3.05, 3.63) is 40.3 Å². The maximum Gasteiger partial charge on any atom is 0.275 e. The molecule has 0 saturated heterocycles. The molecule has 0 atom stereocenters. The second-order valence-corrected chi connectivity index (χ2v) is 6.74. The van der Waals surface area contributed by atoms with E-state index in [1.165, 1.54) is 36.8 Å². The predicted octanol–water partition coefficient (Wildman–Crippen LogP) is 2.79. The maximum absolute atomic E-state index is 12.4. The summed E-state index contributed by atoms with van der Waals surface area (Å²) >= 11 is 0. The highest BCUT2D eigenvalue weighted by Gasteiger charge is 2.14. The van der Waals surface area contributed by atoms with E-state index in [2.05, 4.69) is 10.4 Å². The summed E-state index contributed by atoms with van der Waals surface area (Å²) in [6.07, 6.45) is 7.58. The first kappa shape index (κ1) is 16.7. The molecule has 3 rings (SSSR count). The van der Waals surface area contributed by atoms with Crippen LogP contribution in [0.25, 0.3) is 10.8 Å². The lowest BCUT2D eigenvalue weighted by atomic mass is 10.0. The van der Waals surface area contributed by atoms with Gasteiger partial charge < -0.3 is 5.32 Å². The van der Waals surface area contributed by atoms with Gasteiger partial charge in [-0.05, 0) is 31.7 Å². The minimum atomic E-state index is -0.211. The number of rotatable bonds is 6. The molecule has 1 aliphatic rings. The topological polar surface area (TPSA) is 64.0 Å². The molecule has 2 aromatic rings. The number of hydrogen-bond donors (Lipinski definition) is 1. The number of aromatic nitrogens is 2. The Morgan fingerprint density at radius 3 is 2.71 bits per heavy atom. The molecule has 24 heavy (non-hydrogen) atoms. The van der Waals surface area contributed by atoms with Crippen molar-refractivity contribution in [3.8, 4) is 0 Å². The van der Waals surface area contributed by atoms with Crippen LogP contribution in [0.4, 0.5) is 0 Å². The third-order valence-electron chi connectivity index (χ3n) is 4.93. The lowest BCUT2D eigenvalue weighted by molar-refractivity contribution is -0.121. The molecule has 1 heterocycles. The van der Waals surface area contributed by atoms with Crippen LogP contribution < -0.4 is 10.9 Å². The summed E-state index contributed by atoms with van der Waals surface area (Å²) in [6, 6.07) is 7.38. The molecule has 0 bridgehead atoms. The molecule has 5 nitrogen and oxygen atoms in total. The Bertz CT molecular complexity index is 776. The van der Waals surface area contributed by atoms with E-state index in [1.807, 2.05) is 25.1 Å². The standard InChI is InChI=1S/C19H25N3O2/c1-14-16-10-4-5-11-17(16)19(24)22(21-14)13-18(23)20-12-6-9-15-7-2-3-8-15/h4-5,10-11,15H,2-3,6-9,12-13H2,1H3,(H,20,23). The second-order valence-electron chi connectivity index (χ2n) is 6.74. The molecule has 0 unspecified atom stereocenters. The smallest absolute Gasteiger partial charge is 0.275 e. The fraction of sp³-hybridized carbons (Fsp3) is 0.526. The monoisotopic (exact) mass is 327 g/mol. The van der Waals surface area contributed by atoms with Crippen LogP contribution in [-0.4, -0.2) is 22.2 Å². The first-order valence-corrected chi connectivity index (χ1v) is 8.88. The number of nitrogens with one attached hydrogen (secondary N) is 1. The highest BCUT2D eigenvalue weighted by Crippen LogP contribution is 2.28. The number of fused-ring (bicyclic) bond motifs is 1. The van der Waals surface area contributed by atoms with Crippen molar-refractivity contribution < 1.29 is 4.79 Å².